The molecular weight excluding hydrogens is 332 g/mol. The predicted molar refractivity (Wildman–Crippen MR) is 98.4 cm³/mol. The average Bonchev–Trinajstić information content (AvgIpc) is 3.24. The summed E-state index contributed by atoms with van der Waals surface area (Å²) in [6.07, 6.45) is 7.83. The van der Waals surface area contributed by atoms with Crippen molar-refractivity contribution in [1.29, 1.82) is 0 Å². The first kappa shape index (κ1) is 17.0. The third kappa shape index (κ3) is 3.06. The molecule has 1 fully saturated rings. The summed E-state index contributed by atoms with van der Waals surface area (Å²) in [5, 5.41) is 4.47. The van der Waals surface area contributed by atoms with Gasteiger partial charge in [0.2, 0.25) is 0 Å². The molecule has 0 saturated carbocycles. The van der Waals surface area contributed by atoms with E-state index in [1.165, 1.54) is 0 Å². The minimum absolute atomic E-state index is 0.114. The van der Waals surface area contributed by atoms with Crippen molar-refractivity contribution in [3.05, 3.63) is 30.5 Å². The quantitative estimate of drug-likeness (QED) is 0.694. The average molecular weight is 356 g/mol. The Balaban J connectivity index is 1.73. The topological polar surface area (TPSA) is 69.7 Å². The summed E-state index contributed by atoms with van der Waals surface area (Å²) in [6.45, 7) is 7.88. The van der Waals surface area contributed by atoms with Crippen LogP contribution < -0.4 is 4.90 Å². The van der Waals surface area contributed by atoms with Crippen molar-refractivity contribution >= 4 is 11.5 Å². The first-order valence-electron chi connectivity index (χ1n) is 8.89. The zero-order valence-electron chi connectivity index (χ0n) is 15.4. The third-order valence-electron chi connectivity index (χ3n) is 4.76. The van der Waals surface area contributed by atoms with Crippen LogP contribution in [-0.4, -0.2) is 63.7 Å². The number of aryl methyl sites for hydroxylation is 1. The lowest BCUT2D eigenvalue weighted by atomic mass is 10.2. The van der Waals surface area contributed by atoms with E-state index >= 15 is 0 Å². The smallest absolute Gasteiger partial charge is 0.181 e. The second kappa shape index (κ2) is 7.05. The monoisotopic (exact) mass is 356 g/mol. The minimum atomic E-state index is 0.114. The molecule has 4 rings (SSSR count). The van der Waals surface area contributed by atoms with Gasteiger partial charge in [-0.1, -0.05) is 0 Å². The van der Waals surface area contributed by atoms with Crippen molar-refractivity contribution < 1.29 is 9.47 Å². The van der Waals surface area contributed by atoms with Gasteiger partial charge < -0.3 is 14.4 Å². The highest BCUT2D eigenvalue weighted by molar-refractivity contribution is 5.73. The molecular formula is C18H24N6O2. The lowest BCUT2D eigenvalue weighted by Gasteiger charge is -2.27. The van der Waals surface area contributed by atoms with Gasteiger partial charge in [-0.3, -0.25) is 9.08 Å². The van der Waals surface area contributed by atoms with E-state index in [0.29, 0.717) is 6.54 Å². The standard InChI is InChI=1S/C18H24N6O2/c1-13(25-3)11-23-12-15(10-20-23)16-14(2)21-18-17(19-4-5-24(16)18)22-6-8-26-9-7-22/h4-5,10,12-13H,6-9,11H2,1-3H3/t13-/m0/s1. The molecule has 1 atom stereocenters. The number of nitrogens with zero attached hydrogens (tertiary/aromatic N) is 6. The Morgan fingerprint density at radius 3 is 2.88 bits per heavy atom. The van der Waals surface area contributed by atoms with E-state index in [0.717, 1.165) is 54.7 Å². The van der Waals surface area contributed by atoms with Gasteiger partial charge in [0.1, 0.15) is 0 Å². The number of fused-ring (bicyclic) bond motifs is 1. The van der Waals surface area contributed by atoms with Crippen LogP contribution in [0.2, 0.25) is 0 Å². The van der Waals surface area contributed by atoms with E-state index in [-0.39, 0.29) is 6.10 Å². The normalized spacial score (nSPS) is 16.3. The highest BCUT2D eigenvalue weighted by Gasteiger charge is 2.20. The highest BCUT2D eigenvalue weighted by atomic mass is 16.5. The van der Waals surface area contributed by atoms with E-state index in [9.17, 15) is 0 Å². The summed E-state index contributed by atoms with van der Waals surface area (Å²) >= 11 is 0. The van der Waals surface area contributed by atoms with Crippen LogP contribution in [0.15, 0.2) is 24.8 Å². The molecule has 0 bridgehead atoms. The fourth-order valence-corrected chi connectivity index (χ4v) is 3.35. The Bertz CT molecular complexity index is 896. The molecule has 0 aliphatic carbocycles. The van der Waals surface area contributed by atoms with Gasteiger partial charge in [-0.15, -0.1) is 0 Å². The second-order valence-electron chi connectivity index (χ2n) is 6.59. The predicted octanol–water partition coefficient (Wildman–Crippen LogP) is 1.77. The van der Waals surface area contributed by atoms with Crippen LogP contribution in [0.25, 0.3) is 16.9 Å². The molecule has 3 aromatic rings. The maximum absolute atomic E-state index is 5.46. The molecule has 1 aliphatic heterocycles. The molecule has 0 spiro atoms. The van der Waals surface area contributed by atoms with Gasteiger partial charge in [-0.2, -0.15) is 5.10 Å². The Kier molecular flexibility index (Phi) is 4.60. The molecule has 3 aromatic heterocycles. The number of ether oxygens (including phenoxy) is 2. The van der Waals surface area contributed by atoms with Crippen molar-refractivity contribution in [2.24, 2.45) is 0 Å². The van der Waals surface area contributed by atoms with Crippen molar-refractivity contribution in [2.45, 2.75) is 26.5 Å². The summed E-state index contributed by atoms with van der Waals surface area (Å²) in [5.74, 6) is 0.908. The zero-order chi connectivity index (χ0) is 18.1. The lowest BCUT2D eigenvalue weighted by molar-refractivity contribution is 0.0998. The number of rotatable bonds is 5. The minimum Gasteiger partial charge on any atom is -0.380 e. The van der Waals surface area contributed by atoms with Crippen LogP contribution in [0.5, 0.6) is 0 Å². The van der Waals surface area contributed by atoms with Crippen LogP contribution >= 0.6 is 0 Å². The second-order valence-corrected chi connectivity index (χ2v) is 6.59. The number of morpholine rings is 1. The molecule has 1 saturated heterocycles. The Morgan fingerprint density at radius 1 is 1.31 bits per heavy atom. The van der Waals surface area contributed by atoms with E-state index in [4.69, 9.17) is 14.5 Å². The number of hydrogen-bond donors (Lipinski definition) is 0. The van der Waals surface area contributed by atoms with Crippen LogP contribution in [0.4, 0.5) is 5.82 Å². The Hall–Kier alpha value is -2.45. The van der Waals surface area contributed by atoms with Gasteiger partial charge in [0.05, 0.1) is 43.4 Å². The van der Waals surface area contributed by atoms with Gasteiger partial charge >= 0.3 is 0 Å². The van der Waals surface area contributed by atoms with Gasteiger partial charge in [0, 0.05) is 44.4 Å². The summed E-state index contributed by atoms with van der Waals surface area (Å²) < 4.78 is 14.8. The number of aromatic nitrogens is 5. The van der Waals surface area contributed by atoms with Crippen LogP contribution in [-0.2, 0) is 16.0 Å². The van der Waals surface area contributed by atoms with E-state index in [2.05, 4.69) is 19.4 Å². The molecule has 8 nitrogen and oxygen atoms in total. The third-order valence-corrected chi connectivity index (χ3v) is 4.76. The molecule has 0 aromatic carbocycles. The molecule has 8 heteroatoms. The van der Waals surface area contributed by atoms with Crippen molar-refractivity contribution in [3.63, 3.8) is 0 Å². The van der Waals surface area contributed by atoms with Crippen molar-refractivity contribution in [3.8, 4) is 11.3 Å². The summed E-state index contributed by atoms with van der Waals surface area (Å²) in [7, 11) is 1.71. The van der Waals surface area contributed by atoms with Crippen molar-refractivity contribution in [2.75, 3.05) is 38.3 Å². The lowest BCUT2D eigenvalue weighted by Crippen LogP contribution is -2.37. The molecule has 0 unspecified atom stereocenters. The SMILES string of the molecule is CO[C@@H](C)Cn1cc(-c2c(C)nc3c(N4CCOCC4)nccn23)cn1. The number of methoxy groups -OCH3 is 1. The van der Waals surface area contributed by atoms with Gasteiger partial charge in [-0.05, 0) is 13.8 Å². The number of hydrogen-bond acceptors (Lipinski definition) is 6. The number of anilines is 1. The van der Waals surface area contributed by atoms with Crippen LogP contribution in [0, 0.1) is 6.92 Å². The first-order chi connectivity index (χ1) is 12.7. The zero-order valence-corrected chi connectivity index (χ0v) is 15.4. The maximum Gasteiger partial charge on any atom is 0.181 e. The van der Waals surface area contributed by atoms with Gasteiger partial charge in [-0.25, -0.2) is 9.97 Å². The number of imidazole rings is 1. The van der Waals surface area contributed by atoms with Gasteiger partial charge in [0.15, 0.2) is 11.5 Å². The maximum atomic E-state index is 5.46. The summed E-state index contributed by atoms with van der Waals surface area (Å²) in [6, 6.07) is 0. The highest BCUT2D eigenvalue weighted by Crippen LogP contribution is 2.28. The van der Waals surface area contributed by atoms with Crippen LogP contribution in [0.3, 0.4) is 0 Å². The summed E-state index contributed by atoms with van der Waals surface area (Å²) in [4.78, 5) is 11.6. The summed E-state index contributed by atoms with van der Waals surface area (Å²) in [5.41, 5.74) is 3.93. The van der Waals surface area contributed by atoms with Crippen LogP contribution in [0.1, 0.15) is 12.6 Å². The Labute approximate surface area is 152 Å². The van der Waals surface area contributed by atoms with Crippen molar-refractivity contribution in [1.82, 2.24) is 24.1 Å². The fraction of sp³-hybridized carbons (Fsp3) is 0.500. The van der Waals surface area contributed by atoms with E-state index in [1.54, 1.807) is 7.11 Å². The molecule has 1 aliphatic rings. The van der Waals surface area contributed by atoms with E-state index in [1.807, 2.05) is 43.3 Å². The fourth-order valence-electron chi connectivity index (χ4n) is 3.35. The molecule has 0 radical (unpaired) electrons. The molecule has 0 N–H and O–H groups in total. The molecule has 26 heavy (non-hydrogen) atoms. The van der Waals surface area contributed by atoms with Gasteiger partial charge in [0.25, 0.3) is 0 Å². The molecule has 4 heterocycles. The molecule has 138 valence electrons. The Morgan fingerprint density at radius 2 is 2.12 bits per heavy atom. The largest absolute Gasteiger partial charge is 0.380 e. The first-order valence-corrected chi connectivity index (χ1v) is 8.89. The molecule has 0 amide bonds. The van der Waals surface area contributed by atoms with E-state index < -0.39 is 0 Å².